The summed E-state index contributed by atoms with van der Waals surface area (Å²) in [4.78, 5) is 5.39. The lowest BCUT2D eigenvalue weighted by atomic mass is 10.0. The smallest absolute Gasteiger partial charge is 0.214 e. The molecule has 24 heavy (non-hydrogen) atoms. The number of halogens is 1. The van der Waals surface area contributed by atoms with Crippen LogP contribution in [0.25, 0.3) is 16.2 Å². The Labute approximate surface area is 143 Å². The van der Waals surface area contributed by atoms with Crippen LogP contribution in [0.1, 0.15) is 20.3 Å². The van der Waals surface area contributed by atoms with Gasteiger partial charge in [-0.05, 0) is 44.5 Å². The lowest BCUT2D eigenvalue weighted by molar-refractivity contribution is 0.0574. The minimum absolute atomic E-state index is 0.246. The summed E-state index contributed by atoms with van der Waals surface area (Å²) in [5.74, 6) is 0.259. The second-order valence-electron chi connectivity index (χ2n) is 6.30. The van der Waals surface area contributed by atoms with E-state index in [2.05, 4.69) is 29.2 Å². The lowest BCUT2D eigenvalue weighted by Gasteiger charge is -2.13. The van der Waals surface area contributed by atoms with Crippen LogP contribution in [0.4, 0.5) is 9.52 Å². The Morgan fingerprint density at radius 1 is 1.33 bits per heavy atom. The first-order chi connectivity index (χ1) is 11.6. The van der Waals surface area contributed by atoms with Crippen LogP contribution >= 0.6 is 11.3 Å². The first-order valence-corrected chi connectivity index (χ1v) is 8.91. The number of anilines is 1. The van der Waals surface area contributed by atoms with E-state index < -0.39 is 0 Å². The Bertz CT molecular complexity index is 813. The Kier molecular flexibility index (Phi) is 3.97. The summed E-state index contributed by atoms with van der Waals surface area (Å²) in [6.45, 7) is 5.09. The van der Waals surface area contributed by atoms with Gasteiger partial charge in [0, 0.05) is 18.0 Å². The van der Waals surface area contributed by atoms with Gasteiger partial charge in [0.05, 0.1) is 24.1 Å². The molecular weight excluding hydrogens is 327 g/mol. The van der Waals surface area contributed by atoms with Crippen molar-refractivity contribution >= 4 is 21.4 Å². The normalized spacial score (nSPS) is 23.9. The third-order valence-electron chi connectivity index (χ3n) is 4.44. The molecule has 3 atom stereocenters. The quantitative estimate of drug-likeness (QED) is 0.780. The summed E-state index contributed by atoms with van der Waals surface area (Å²) in [7, 11) is 0. The van der Waals surface area contributed by atoms with Gasteiger partial charge in [-0.1, -0.05) is 11.3 Å². The molecule has 2 aromatic heterocycles. The molecule has 1 N–H and O–H groups in total. The maximum atomic E-state index is 13.0. The summed E-state index contributed by atoms with van der Waals surface area (Å²) in [6, 6.07) is 6.33. The van der Waals surface area contributed by atoms with Crippen molar-refractivity contribution in [2.45, 2.75) is 32.5 Å². The second-order valence-corrected chi connectivity index (χ2v) is 7.25. The van der Waals surface area contributed by atoms with Crippen molar-refractivity contribution in [3.8, 4) is 11.3 Å². The monoisotopic (exact) mass is 346 g/mol. The standard InChI is InChI=1S/C17H19FN4OS/c1-10-7-13(11(2)23-10)8-19-16-21-22-9-15(20-17(22)24-16)12-3-5-14(18)6-4-12/h3-6,9-11,13H,7-8H2,1-2H3,(H,19,21). The van der Waals surface area contributed by atoms with Gasteiger partial charge in [0.1, 0.15) is 5.82 Å². The van der Waals surface area contributed by atoms with Crippen molar-refractivity contribution in [3.05, 3.63) is 36.3 Å². The molecular formula is C17H19FN4OS. The third-order valence-corrected chi connectivity index (χ3v) is 5.32. The first kappa shape index (κ1) is 15.5. The van der Waals surface area contributed by atoms with Crippen molar-refractivity contribution in [2.75, 3.05) is 11.9 Å². The van der Waals surface area contributed by atoms with E-state index in [0.717, 1.165) is 34.3 Å². The van der Waals surface area contributed by atoms with Crippen LogP contribution in [0.5, 0.6) is 0 Å². The number of hydrogen-bond donors (Lipinski definition) is 1. The molecule has 4 rings (SSSR count). The van der Waals surface area contributed by atoms with Crippen LogP contribution in [0.15, 0.2) is 30.5 Å². The molecule has 7 heteroatoms. The third kappa shape index (κ3) is 3.01. The Balaban J connectivity index is 1.47. The van der Waals surface area contributed by atoms with E-state index in [-0.39, 0.29) is 11.9 Å². The molecule has 1 aliphatic rings. The van der Waals surface area contributed by atoms with Crippen LogP contribution in [0.2, 0.25) is 0 Å². The molecule has 5 nitrogen and oxygen atoms in total. The fourth-order valence-electron chi connectivity index (χ4n) is 3.15. The number of fused-ring (bicyclic) bond motifs is 1. The predicted octanol–water partition coefficient (Wildman–Crippen LogP) is 3.82. The van der Waals surface area contributed by atoms with E-state index in [1.807, 2.05) is 6.20 Å². The fraction of sp³-hybridized carbons (Fsp3) is 0.412. The molecule has 0 amide bonds. The van der Waals surface area contributed by atoms with Gasteiger partial charge in [-0.15, -0.1) is 5.10 Å². The average molecular weight is 346 g/mol. The molecule has 1 fully saturated rings. The highest BCUT2D eigenvalue weighted by Gasteiger charge is 2.29. The van der Waals surface area contributed by atoms with Gasteiger partial charge in [-0.2, -0.15) is 0 Å². The highest BCUT2D eigenvalue weighted by Crippen LogP contribution is 2.28. The van der Waals surface area contributed by atoms with Crippen molar-refractivity contribution in [1.29, 1.82) is 0 Å². The summed E-state index contributed by atoms with van der Waals surface area (Å²) in [6.07, 6.45) is 3.55. The number of aromatic nitrogens is 3. The van der Waals surface area contributed by atoms with Gasteiger partial charge in [0.2, 0.25) is 10.1 Å². The van der Waals surface area contributed by atoms with Gasteiger partial charge < -0.3 is 10.1 Å². The molecule has 0 saturated carbocycles. The zero-order chi connectivity index (χ0) is 16.7. The minimum Gasteiger partial charge on any atom is -0.375 e. The summed E-state index contributed by atoms with van der Waals surface area (Å²) >= 11 is 1.52. The Morgan fingerprint density at radius 3 is 2.79 bits per heavy atom. The molecule has 1 aromatic carbocycles. The zero-order valence-electron chi connectivity index (χ0n) is 13.6. The van der Waals surface area contributed by atoms with Crippen molar-refractivity contribution < 1.29 is 9.13 Å². The Hall–Kier alpha value is -1.99. The van der Waals surface area contributed by atoms with E-state index in [0.29, 0.717) is 12.0 Å². The van der Waals surface area contributed by atoms with Gasteiger partial charge in [0.15, 0.2) is 0 Å². The highest BCUT2D eigenvalue weighted by atomic mass is 32.1. The van der Waals surface area contributed by atoms with E-state index in [9.17, 15) is 4.39 Å². The first-order valence-electron chi connectivity index (χ1n) is 8.10. The predicted molar refractivity (Wildman–Crippen MR) is 92.9 cm³/mol. The summed E-state index contributed by atoms with van der Waals surface area (Å²) < 4.78 is 20.6. The molecule has 126 valence electrons. The lowest BCUT2D eigenvalue weighted by Crippen LogP contribution is -2.20. The zero-order valence-corrected chi connectivity index (χ0v) is 14.4. The number of nitrogens with zero attached hydrogens (tertiary/aromatic N) is 3. The molecule has 0 radical (unpaired) electrons. The van der Waals surface area contributed by atoms with Crippen molar-refractivity contribution in [1.82, 2.24) is 14.6 Å². The van der Waals surface area contributed by atoms with E-state index in [1.165, 1.54) is 23.5 Å². The number of nitrogens with one attached hydrogen (secondary N) is 1. The highest BCUT2D eigenvalue weighted by molar-refractivity contribution is 7.20. The Morgan fingerprint density at radius 2 is 2.12 bits per heavy atom. The van der Waals surface area contributed by atoms with E-state index >= 15 is 0 Å². The number of ether oxygens (including phenoxy) is 1. The van der Waals surface area contributed by atoms with E-state index in [1.54, 1.807) is 16.6 Å². The average Bonchev–Trinajstić information content (AvgIpc) is 3.18. The van der Waals surface area contributed by atoms with Crippen LogP contribution in [-0.2, 0) is 4.74 Å². The molecule has 0 spiro atoms. The molecule has 3 aromatic rings. The maximum absolute atomic E-state index is 13.0. The fourth-order valence-corrected chi connectivity index (χ4v) is 3.94. The summed E-state index contributed by atoms with van der Waals surface area (Å²) in [5, 5.41) is 8.78. The van der Waals surface area contributed by atoms with Crippen LogP contribution in [-0.4, -0.2) is 33.4 Å². The van der Waals surface area contributed by atoms with Gasteiger partial charge in [0.25, 0.3) is 0 Å². The van der Waals surface area contributed by atoms with Crippen LogP contribution in [0, 0.1) is 11.7 Å². The molecule has 3 heterocycles. The maximum Gasteiger partial charge on any atom is 0.214 e. The number of benzene rings is 1. The SMILES string of the molecule is CC1CC(CNc2nn3cc(-c4ccc(F)cc4)nc3s2)C(C)O1. The molecule has 3 unspecified atom stereocenters. The van der Waals surface area contributed by atoms with Crippen molar-refractivity contribution in [2.24, 2.45) is 5.92 Å². The molecule has 1 aliphatic heterocycles. The van der Waals surface area contributed by atoms with E-state index in [4.69, 9.17) is 4.74 Å². The number of hydrogen-bond acceptors (Lipinski definition) is 5. The van der Waals surface area contributed by atoms with Crippen molar-refractivity contribution in [3.63, 3.8) is 0 Å². The van der Waals surface area contributed by atoms with Gasteiger partial charge in [-0.3, -0.25) is 0 Å². The second kappa shape index (κ2) is 6.14. The van der Waals surface area contributed by atoms with Gasteiger partial charge in [-0.25, -0.2) is 13.9 Å². The number of rotatable bonds is 4. The molecule has 0 bridgehead atoms. The van der Waals surface area contributed by atoms with Gasteiger partial charge >= 0.3 is 0 Å². The summed E-state index contributed by atoms with van der Waals surface area (Å²) in [5.41, 5.74) is 1.68. The largest absolute Gasteiger partial charge is 0.375 e. The topological polar surface area (TPSA) is 51.5 Å². The minimum atomic E-state index is -0.246. The molecule has 0 aliphatic carbocycles. The number of imidazole rings is 1. The van der Waals surface area contributed by atoms with Crippen LogP contribution < -0.4 is 5.32 Å². The molecule has 1 saturated heterocycles. The van der Waals surface area contributed by atoms with Crippen LogP contribution in [0.3, 0.4) is 0 Å².